The molecule has 1 fully saturated rings. The molecule has 2 atom stereocenters. The van der Waals surface area contributed by atoms with E-state index in [4.69, 9.17) is 0 Å². The van der Waals surface area contributed by atoms with Gasteiger partial charge in [0.15, 0.2) is 11.6 Å². The Morgan fingerprint density at radius 1 is 1.13 bits per heavy atom. The fraction of sp³-hybridized carbons (Fsp3) is 0.529. The molecule has 1 saturated carbocycles. The van der Waals surface area contributed by atoms with E-state index >= 15 is 0 Å². The molecule has 0 radical (unpaired) electrons. The van der Waals surface area contributed by atoms with Gasteiger partial charge in [0.05, 0.1) is 11.8 Å². The number of hydrogen-bond donors (Lipinski definition) is 1. The van der Waals surface area contributed by atoms with E-state index < -0.39 is 11.6 Å². The number of rotatable bonds is 7. The van der Waals surface area contributed by atoms with E-state index in [0.29, 0.717) is 19.5 Å². The van der Waals surface area contributed by atoms with Crippen LogP contribution in [-0.4, -0.2) is 29.8 Å². The average molecular weight is 324 g/mol. The van der Waals surface area contributed by atoms with Crippen LogP contribution >= 0.6 is 0 Å². The molecular formula is C17H22F2N2O2. The molecule has 0 heterocycles. The SMILES string of the molecule is CCCN(CCC)C(=O)C1CC1C(=O)Nc1ccc(F)c(F)c1. The lowest BCUT2D eigenvalue weighted by atomic mass is 10.2. The Morgan fingerprint density at radius 3 is 2.35 bits per heavy atom. The molecule has 1 aromatic carbocycles. The van der Waals surface area contributed by atoms with Gasteiger partial charge in [-0.15, -0.1) is 0 Å². The number of halogens is 2. The summed E-state index contributed by atoms with van der Waals surface area (Å²) in [5.41, 5.74) is 0.200. The van der Waals surface area contributed by atoms with Crippen molar-refractivity contribution in [1.82, 2.24) is 4.90 Å². The van der Waals surface area contributed by atoms with Crippen LogP contribution in [0.2, 0.25) is 0 Å². The molecule has 1 aliphatic carbocycles. The van der Waals surface area contributed by atoms with Crippen LogP contribution in [0.5, 0.6) is 0 Å². The summed E-state index contributed by atoms with van der Waals surface area (Å²) < 4.78 is 26.0. The number of amides is 2. The molecule has 1 N–H and O–H groups in total. The van der Waals surface area contributed by atoms with Crippen molar-refractivity contribution >= 4 is 17.5 Å². The van der Waals surface area contributed by atoms with Crippen molar-refractivity contribution in [2.75, 3.05) is 18.4 Å². The Kier molecular flexibility index (Phi) is 5.69. The van der Waals surface area contributed by atoms with Gasteiger partial charge >= 0.3 is 0 Å². The maximum absolute atomic E-state index is 13.1. The Hall–Kier alpha value is -1.98. The van der Waals surface area contributed by atoms with Crippen LogP contribution in [0, 0.1) is 23.5 Å². The molecule has 0 aromatic heterocycles. The van der Waals surface area contributed by atoms with Gasteiger partial charge < -0.3 is 10.2 Å². The van der Waals surface area contributed by atoms with Crippen LogP contribution in [0.25, 0.3) is 0 Å². The Bertz CT molecular complexity index is 586. The van der Waals surface area contributed by atoms with Crippen LogP contribution in [0.3, 0.4) is 0 Å². The maximum Gasteiger partial charge on any atom is 0.228 e. The minimum Gasteiger partial charge on any atom is -0.342 e. The molecule has 6 heteroatoms. The molecule has 23 heavy (non-hydrogen) atoms. The topological polar surface area (TPSA) is 49.4 Å². The summed E-state index contributed by atoms with van der Waals surface area (Å²) in [6.45, 7) is 5.41. The molecule has 0 bridgehead atoms. The molecule has 0 aliphatic heterocycles. The Balaban J connectivity index is 1.92. The zero-order valence-electron chi connectivity index (χ0n) is 13.4. The summed E-state index contributed by atoms with van der Waals surface area (Å²) in [6.07, 6.45) is 2.27. The third-order valence-corrected chi connectivity index (χ3v) is 3.93. The first-order valence-corrected chi connectivity index (χ1v) is 8.02. The van der Waals surface area contributed by atoms with Crippen molar-refractivity contribution in [2.24, 2.45) is 11.8 Å². The largest absolute Gasteiger partial charge is 0.342 e. The second-order valence-electron chi connectivity index (χ2n) is 5.89. The molecule has 2 unspecified atom stereocenters. The van der Waals surface area contributed by atoms with Gasteiger partial charge in [0, 0.05) is 24.8 Å². The summed E-state index contributed by atoms with van der Waals surface area (Å²) in [4.78, 5) is 26.3. The van der Waals surface area contributed by atoms with Crippen molar-refractivity contribution in [2.45, 2.75) is 33.1 Å². The second kappa shape index (κ2) is 7.53. The predicted octanol–water partition coefficient (Wildman–Crippen LogP) is 3.19. The number of nitrogens with zero attached hydrogens (tertiary/aromatic N) is 1. The molecule has 0 saturated heterocycles. The van der Waals surface area contributed by atoms with Crippen LogP contribution in [0.4, 0.5) is 14.5 Å². The van der Waals surface area contributed by atoms with Gasteiger partial charge in [-0.05, 0) is 31.4 Å². The van der Waals surface area contributed by atoms with Crippen LogP contribution in [-0.2, 0) is 9.59 Å². The monoisotopic (exact) mass is 324 g/mol. The van der Waals surface area contributed by atoms with Crippen LogP contribution in [0.15, 0.2) is 18.2 Å². The number of benzene rings is 1. The first kappa shape index (κ1) is 17.4. The van der Waals surface area contributed by atoms with E-state index in [2.05, 4.69) is 5.32 Å². The second-order valence-corrected chi connectivity index (χ2v) is 5.89. The van der Waals surface area contributed by atoms with E-state index in [1.165, 1.54) is 6.07 Å². The number of carbonyl (C=O) groups is 2. The Labute approximate surface area is 134 Å². The first-order chi connectivity index (χ1) is 11.0. The van der Waals surface area contributed by atoms with E-state index in [9.17, 15) is 18.4 Å². The third-order valence-electron chi connectivity index (χ3n) is 3.93. The van der Waals surface area contributed by atoms with Crippen molar-refractivity contribution in [3.05, 3.63) is 29.8 Å². The molecule has 126 valence electrons. The average Bonchev–Trinajstić information content (AvgIpc) is 3.31. The number of carbonyl (C=O) groups excluding carboxylic acids is 2. The standard InChI is InChI=1S/C17H22F2N2O2/c1-3-7-21(8-4-2)17(23)13-10-12(13)16(22)20-11-5-6-14(18)15(19)9-11/h5-6,9,12-13H,3-4,7-8,10H2,1-2H3,(H,20,22). The third kappa shape index (κ3) is 4.27. The molecule has 2 rings (SSSR count). The van der Waals surface area contributed by atoms with Crippen LogP contribution in [0.1, 0.15) is 33.1 Å². The lowest BCUT2D eigenvalue weighted by Crippen LogP contribution is -2.34. The van der Waals surface area contributed by atoms with E-state index in [0.717, 1.165) is 25.0 Å². The summed E-state index contributed by atoms with van der Waals surface area (Å²) >= 11 is 0. The molecule has 1 aliphatic rings. The molecule has 2 amide bonds. The van der Waals surface area contributed by atoms with E-state index in [-0.39, 0.29) is 29.3 Å². The van der Waals surface area contributed by atoms with Gasteiger partial charge in [0.1, 0.15) is 0 Å². The van der Waals surface area contributed by atoms with Crippen molar-refractivity contribution in [1.29, 1.82) is 0 Å². The molecule has 4 nitrogen and oxygen atoms in total. The van der Waals surface area contributed by atoms with Gasteiger partial charge in [-0.2, -0.15) is 0 Å². The zero-order valence-corrected chi connectivity index (χ0v) is 13.4. The van der Waals surface area contributed by atoms with Gasteiger partial charge in [0.2, 0.25) is 11.8 Å². The van der Waals surface area contributed by atoms with Gasteiger partial charge in [-0.1, -0.05) is 13.8 Å². The quantitative estimate of drug-likeness (QED) is 0.837. The minimum absolute atomic E-state index is 0.0131. The predicted molar refractivity (Wildman–Crippen MR) is 83.7 cm³/mol. The van der Waals surface area contributed by atoms with Gasteiger partial charge in [0.25, 0.3) is 0 Å². The van der Waals surface area contributed by atoms with Gasteiger partial charge in [-0.3, -0.25) is 9.59 Å². The van der Waals surface area contributed by atoms with Crippen molar-refractivity contribution in [3.8, 4) is 0 Å². The lowest BCUT2D eigenvalue weighted by Gasteiger charge is -2.21. The summed E-state index contributed by atoms with van der Waals surface area (Å²) in [5.74, 6) is -2.95. The highest BCUT2D eigenvalue weighted by Crippen LogP contribution is 2.41. The fourth-order valence-corrected chi connectivity index (χ4v) is 2.67. The molecule has 1 aromatic rings. The minimum atomic E-state index is -1.01. The smallest absolute Gasteiger partial charge is 0.228 e. The highest BCUT2D eigenvalue weighted by molar-refractivity contribution is 5.99. The fourth-order valence-electron chi connectivity index (χ4n) is 2.67. The normalized spacial score (nSPS) is 19.3. The maximum atomic E-state index is 13.1. The van der Waals surface area contributed by atoms with Gasteiger partial charge in [-0.25, -0.2) is 8.78 Å². The van der Waals surface area contributed by atoms with Crippen LogP contribution < -0.4 is 5.32 Å². The molecule has 0 spiro atoms. The number of nitrogens with one attached hydrogen (secondary N) is 1. The van der Waals surface area contributed by atoms with E-state index in [1.807, 2.05) is 13.8 Å². The summed E-state index contributed by atoms with van der Waals surface area (Å²) in [5, 5.41) is 2.54. The van der Waals surface area contributed by atoms with Crippen molar-refractivity contribution in [3.63, 3.8) is 0 Å². The zero-order chi connectivity index (χ0) is 17.0. The lowest BCUT2D eigenvalue weighted by molar-refractivity contribution is -0.134. The Morgan fingerprint density at radius 2 is 1.78 bits per heavy atom. The highest BCUT2D eigenvalue weighted by atomic mass is 19.2. The summed E-state index contributed by atoms with van der Waals surface area (Å²) in [6, 6.07) is 3.20. The number of hydrogen-bond acceptors (Lipinski definition) is 2. The highest BCUT2D eigenvalue weighted by Gasteiger charge is 2.49. The van der Waals surface area contributed by atoms with E-state index in [1.54, 1.807) is 4.90 Å². The van der Waals surface area contributed by atoms with Crippen molar-refractivity contribution < 1.29 is 18.4 Å². The summed E-state index contributed by atoms with van der Waals surface area (Å²) in [7, 11) is 0. The molecular weight excluding hydrogens is 302 g/mol. The first-order valence-electron chi connectivity index (χ1n) is 8.02. The number of anilines is 1.